The summed E-state index contributed by atoms with van der Waals surface area (Å²) >= 11 is 8.43. The normalized spacial score (nSPS) is 20.5. The first-order chi connectivity index (χ1) is 9.13. The number of nitrogens with two attached hydrogens (primary N) is 1. The van der Waals surface area contributed by atoms with Crippen molar-refractivity contribution in [1.82, 2.24) is 0 Å². The van der Waals surface area contributed by atoms with E-state index in [4.69, 9.17) is 17.3 Å². The number of thioether (sulfide) groups is 1. The van der Waals surface area contributed by atoms with E-state index in [1.807, 2.05) is 23.9 Å². The Morgan fingerprint density at radius 2 is 2.32 bits per heavy atom. The summed E-state index contributed by atoms with van der Waals surface area (Å²) in [5, 5.41) is 0.846. The molecule has 19 heavy (non-hydrogen) atoms. The van der Waals surface area contributed by atoms with Crippen LogP contribution in [0.1, 0.15) is 25.3 Å². The van der Waals surface area contributed by atoms with Crippen LogP contribution in [0, 0.1) is 0 Å². The predicted molar refractivity (Wildman–Crippen MR) is 87.6 cm³/mol. The third-order valence-electron chi connectivity index (χ3n) is 3.92. The van der Waals surface area contributed by atoms with Crippen molar-refractivity contribution >= 4 is 29.1 Å². The third kappa shape index (κ3) is 3.59. The molecule has 1 aliphatic heterocycles. The van der Waals surface area contributed by atoms with Gasteiger partial charge in [0, 0.05) is 35.6 Å². The van der Waals surface area contributed by atoms with E-state index in [9.17, 15) is 0 Å². The number of nitrogens with zero attached hydrogens (tertiary/aromatic N) is 1. The third-order valence-corrected chi connectivity index (χ3v) is 5.42. The fraction of sp³-hybridized carbons (Fsp3) is 0.600. The highest BCUT2D eigenvalue weighted by Gasteiger charge is 2.23. The van der Waals surface area contributed by atoms with Gasteiger partial charge in [-0.15, -0.1) is 0 Å². The number of hydrogen-bond donors (Lipinski definition) is 1. The minimum atomic E-state index is 0.185. The number of hydrogen-bond acceptors (Lipinski definition) is 3. The molecule has 4 heteroatoms. The molecule has 1 fully saturated rings. The SMILES string of the molecule is CCC(N)Cc1c(Cl)cccc1N(C)C1CCSC1. The lowest BCUT2D eigenvalue weighted by Crippen LogP contribution is -2.33. The van der Waals surface area contributed by atoms with Gasteiger partial charge < -0.3 is 10.6 Å². The second-order valence-corrected chi connectivity index (χ2v) is 6.80. The van der Waals surface area contributed by atoms with Gasteiger partial charge in [0.25, 0.3) is 0 Å². The Morgan fingerprint density at radius 1 is 1.53 bits per heavy atom. The topological polar surface area (TPSA) is 29.3 Å². The molecule has 2 unspecified atom stereocenters. The molecule has 0 saturated carbocycles. The van der Waals surface area contributed by atoms with E-state index < -0.39 is 0 Å². The molecule has 0 amide bonds. The van der Waals surface area contributed by atoms with Gasteiger partial charge in [-0.2, -0.15) is 11.8 Å². The highest BCUT2D eigenvalue weighted by molar-refractivity contribution is 7.99. The second kappa shape index (κ2) is 6.87. The fourth-order valence-electron chi connectivity index (χ4n) is 2.51. The van der Waals surface area contributed by atoms with Gasteiger partial charge in [-0.25, -0.2) is 0 Å². The first kappa shape index (κ1) is 15.0. The molecule has 2 nitrogen and oxygen atoms in total. The van der Waals surface area contributed by atoms with Crippen LogP contribution >= 0.6 is 23.4 Å². The van der Waals surface area contributed by atoms with E-state index in [1.165, 1.54) is 29.2 Å². The molecule has 2 atom stereocenters. The van der Waals surface area contributed by atoms with Gasteiger partial charge in [0.2, 0.25) is 0 Å². The van der Waals surface area contributed by atoms with Crippen LogP contribution in [0.3, 0.4) is 0 Å². The quantitative estimate of drug-likeness (QED) is 0.901. The Morgan fingerprint density at radius 3 is 2.95 bits per heavy atom. The van der Waals surface area contributed by atoms with E-state index in [0.717, 1.165) is 17.9 Å². The average Bonchev–Trinajstić information content (AvgIpc) is 2.94. The van der Waals surface area contributed by atoms with Gasteiger partial charge in [0.15, 0.2) is 0 Å². The van der Waals surface area contributed by atoms with Gasteiger partial charge in [0.1, 0.15) is 0 Å². The zero-order valence-electron chi connectivity index (χ0n) is 11.7. The van der Waals surface area contributed by atoms with Crippen LogP contribution in [-0.4, -0.2) is 30.6 Å². The van der Waals surface area contributed by atoms with E-state index >= 15 is 0 Å². The summed E-state index contributed by atoms with van der Waals surface area (Å²) in [5.74, 6) is 2.47. The van der Waals surface area contributed by atoms with Crippen molar-refractivity contribution in [1.29, 1.82) is 0 Å². The maximum atomic E-state index is 6.39. The summed E-state index contributed by atoms with van der Waals surface area (Å²) < 4.78 is 0. The summed E-state index contributed by atoms with van der Waals surface area (Å²) in [6.45, 7) is 2.12. The lowest BCUT2D eigenvalue weighted by atomic mass is 10.0. The molecule has 1 aromatic rings. The Bertz CT molecular complexity index is 419. The van der Waals surface area contributed by atoms with E-state index in [-0.39, 0.29) is 6.04 Å². The molecule has 0 bridgehead atoms. The number of rotatable bonds is 5. The molecule has 106 valence electrons. The molecule has 0 spiro atoms. The van der Waals surface area contributed by atoms with Crippen LogP contribution in [0.2, 0.25) is 5.02 Å². The smallest absolute Gasteiger partial charge is 0.0459 e. The molecule has 0 aromatic heterocycles. The standard InChI is InChI=1S/C15H23ClN2S/c1-3-11(17)9-13-14(16)5-4-6-15(13)18(2)12-7-8-19-10-12/h4-6,11-12H,3,7-10,17H2,1-2H3. The van der Waals surface area contributed by atoms with Crippen molar-refractivity contribution < 1.29 is 0 Å². The van der Waals surface area contributed by atoms with Crippen molar-refractivity contribution in [2.75, 3.05) is 23.5 Å². The van der Waals surface area contributed by atoms with Crippen molar-refractivity contribution in [3.63, 3.8) is 0 Å². The minimum absolute atomic E-state index is 0.185. The van der Waals surface area contributed by atoms with Crippen molar-refractivity contribution in [2.24, 2.45) is 5.73 Å². The van der Waals surface area contributed by atoms with Gasteiger partial charge in [-0.3, -0.25) is 0 Å². The second-order valence-electron chi connectivity index (χ2n) is 5.24. The zero-order chi connectivity index (χ0) is 13.8. The largest absolute Gasteiger partial charge is 0.370 e. The monoisotopic (exact) mass is 298 g/mol. The van der Waals surface area contributed by atoms with E-state index in [0.29, 0.717) is 6.04 Å². The molecule has 1 aliphatic rings. The Labute approximate surface area is 125 Å². The fourth-order valence-corrected chi connectivity index (χ4v) is 4.03. The molecule has 1 aromatic carbocycles. The summed E-state index contributed by atoms with van der Waals surface area (Å²) in [5.41, 5.74) is 8.58. The van der Waals surface area contributed by atoms with E-state index in [1.54, 1.807) is 0 Å². The molecule has 1 saturated heterocycles. The summed E-state index contributed by atoms with van der Waals surface area (Å²) in [6, 6.07) is 6.99. The molecule has 2 rings (SSSR count). The first-order valence-electron chi connectivity index (χ1n) is 6.97. The molecular formula is C15H23ClN2S. The summed E-state index contributed by atoms with van der Waals surface area (Å²) in [6.07, 6.45) is 3.09. The first-order valence-corrected chi connectivity index (χ1v) is 8.50. The predicted octanol–water partition coefficient (Wildman–Crippen LogP) is 3.56. The van der Waals surface area contributed by atoms with Crippen molar-refractivity contribution in [2.45, 2.75) is 38.3 Å². The van der Waals surface area contributed by atoms with Crippen LogP contribution in [0.5, 0.6) is 0 Å². The van der Waals surface area contributed by atoms with Crippen LogP contribution in [0.4, 0.5) is 5.69 Å². The van der Waals surface area contributed by atoms with Crippen LogP contribution < -0.4 is 10.6 Å². The van der Waals surface area contributed by atoms with Crippen LogP contribution in [0.15, 0.2) is 18.2 Å². The van der Waals surface area contributed by atoms with Gasteiger partial charge in [-0.1, -0.05) is 24.6 Å². The molecule has 0 aliphatic carbocycles. The summed E-state index contributed by atoms with van der Waals surface area (Å²) in [4.78, 5) is 2.39. The molecule has 2 N–H and O–H groups in total. The van der Waals surface area contributed by atoms with Crippen LogP contribution in [0.25, 0.3) is 0 Å². The Balaban J connectivity index is 2.25. The van der Waals surface area contributed by atoms with Gasteiger partial charge in [0.05, 0.1) is 0 Å². The number of anilines is 1. The Hall–Kier alpha value is -0.380. The number of benzene rings is 1. The van der Waals surface area contributed by atoms with E-state index in [2.05, 4.69) is 24.9 Å². The maximum Gasteiger partial charge on any atom is 0.0459 e. The van der Waals surface area contributed by atoms with Crippen LogP contribution in [-0.2, 0) is 6.42 Å². The lowest BCUT2D eigenvalue weighted by Gasteiger charge is -2.29. The number of halogens is 1. The lowest BCUT2D eigenvalue weighted by molar-refractivity contribution is 0.639. The average molecular weight is 299 g/mol. The molecule has 1 heterocycles. The molecule has 0 radical (unpaired) electrons. The highest BCUT2D eigenvalue weighted by atomic mass is 35.5. The minimum Gasteiger partial charge on any atom is -0.370 e. The van der Waals surface area contributed by atoms with Gasteiger partial charge in [-0.05, 0) is 42.7 Å². The van der Waals surface area contributed by atoms with Gasteiger partial charge >= 0.3 is 0 Å². The Kier molecular flexibility index (Phi) is 5.43. The highest BCUT2D eigenvalue weighted by Crippen LogP contribution is 2.32. The maximum absolute atomic E-state index is 6.39. The zero-order valence-corrected chi connectivity index (χ0v) is 13.3. The van der Waals surface area contributed by atoms with Crippen molar-refractivity contribution in [3.05, 3.63) is 28.8 Å². The molecular weight excluding hydrogens is 276 g/mol. The van der Waals surface area contributed by atoms with Crippen molar-refractivity contribution in [3.8, 4) is 0 Å². The summed E-state index contributed by atoms with van der Waals surface area (Å²) in [7, 11) is 2.18.